The van der Waals surface area contributed by atoms with Gasteiger partial charge in [-0.05, 0) is 12.1 Å². The van der Waals surface area contributed by atoms with Crippen LogP contribution in [-0.4, -0.2) is 73.6 Å². The van der Waals surface area contributed by atoms with Gasteiger partial charge in [0, 0.05) is 31.7 Å². The van der Waals surface area contributed by atoms with Crippen LogP contribution in [0, 0.1) is 0 Å². The molecule has 0 atom stereocenters. The van der Waals surface area contributed by atoms with Gasteiger partial charge in [0.05, 0.1) is 32.3 Å². The number of thiocarbonyl (C=S) groups is 1. The zero-order chi connectivity index (χ0) is 18.5. The molecule has 3 rings (SSSR count). The average Bonchev–Trinajstić information content (AvgIpc) is 2.93. The normalized spacial score (nSPS) is 20.1. The Bertz CT molecular complexity index is 717. The van der Waals surface area contributed by atoms with Gasteiger partial charge in [0.25, 0.3) is 5.91 Å². The van der Waals surface area contributed by atoms with E-state index in [0.29, 0.717) is 27.3 Å². The number of ether oxygens (including phenoxy) is 3. The van der Waals surface area contributed by atoms with Gasteiger partial charge in [-0.1, -0.05) is 36.1 Å². The molecular weight excluding hydrogens is 372 g/mol. The van der Waals surface area contributed by atoms with Gasteiger partial charge in [-0.25, -0.2) is 0 Å². The van der Waals surface area contributed by atoms with Gasteiger partial charge in [0.1, 0.15) is 4.32 Å². The first-order valence-corrected chi connectivity index (χ1v) is 9.63. The van der Waals surface area contributed by atoms with E-state index in [1.165, 1.54) is 11.8 Å². The third kappa shape index (κ3) is 4.20. The number of amides is 1. The molecule has 0 spiro atoms. The van der Waals surface area contributed by atoms with Crippen LogP contribution in [0.1, 0.15) is 5.56 Å². The number of nitrogens with zero attached hydrogens (tertiary/aromatic N) is 2. The quantitative estimate of drug-likeness (QED) is 0.542. The van der Waals surface area contributed by atoms with Crippen molar-refractivity contribution < 1.29 is 19.0 Å². The molecular formula is C18H22N2O4S2. The molecule has 8 heteroatoms. The summed E-state index contributed by atoms with van der Waals surface area (Å²) in [4.78, 5) is 17.3. The number of hydrogen-bond acceptors (Lipinski definition) is 7. The first kappa shape index (κ1) is 19.2. The maximum atomic E-state index is 12.8. The fraction of sp³-hybridized carbons (Fsp3) is 0.444. The number of benzene rings is 1. The second kappa shape index (κ2) is 8.85. The van der Waals surface area contributed by atoms with Crippen LogP contribution in [0.4, 0.5) is 0 Å². The summed E-state index contributed by atoms with van der Waals surface area (Å²) in [5.41, 5.74) is 0.792. The molecule has 0 bridgehead atoms. The monoisotopic (exact) mass is 394 g/mol. The molecule has 0 radical (unpaired) electrons. The molecule has 26 heavy (non-hydrogen) atoms. The van der Waals surface area contributed by atoms with Crippen LogP contribution < -0.4 is 9.47 Å². The molecule has 2 aliphatic rings. The molecule has 2 aliphatic heterocycles. The summed E-state index contributed by atoms with van der Waals surface area (Å²) in [5.74, 6) is 1.18. The van der Waals surface area contributed by atoms with Crippen molar-refractivity contribution in [2.24, 2.45) is 0 Å². The maximum absolute atomic E-state index is 12.8. The fourth-order valence-electron chi connectivity index (χ4n) is 2.93. The first-order chi connectivity index (χ1) is 12.6. The van der Waals surface area contributed by atoms with Gasteiger partial charge >= 0.3 is 0 Å². The van der Waals surface area contributed by atoms with E-state index < -0.39 is 0 Å². The second-order valence-electron chi connectivity index (χ2n) is 5.87. The number of thioether (sulfide) groups is 1. The molecule has 2 heterocycles. The van der Waals surface area contributed by atoms with Gasteiger partial charge in [0.2, 0.25) is 0 Å². The summed E-state index contributed by atoms with van der Waals surface area (Å²) < 4.78 is 16.7. The average molecular weight is 395 g/mol. The fourth-order valence-corrected chi connectivity index (χ4v) is 4.23. The van der Waals surface area contributed by atoms with Gasteiger partial charge in [-0.15, -0.1) is 0 Å². The van der Waals surface area contributed by atoms with E-state index in [1.807, 2.05) is 24.3 Å². The van der Waals surface area contributed by atoms with Crippen molar-refractivity contribution in [2.45, 2.75) is 0 Å². The Morgan fingerprint density at radius 3 is 2.69 bits per heavy atom. The Balaban J connectivity index is 1.73. The van der Waals surface area contributed by atoms with E-state index in [9.17, 15) is 4.79 Å². The van der Waals surface area contributed by atoms with Crippen LogP contribution in [0.3, 0.4) is 0 Å². The maximum Gasteiger partial charge on any atom is 0.266 e. The molecule has 1 aromatic rings. The Labute approximate surface area is 163 Å². The van der Waals surface area contributed by atoms with Crippen LogP contribution in [0.15, 0.2) is 23.1 Å². The molecule has 2 saturated heterocycles. The van der Waals surface area contributed by atoms with Crippen molar-refractivity contribution in [3.05, 3.63) is 28.7 Å². The second-order valence-corrected chi connectivity index (χ2v) is 7.55. The van der Waals surface area contributed by atoms with Crippen LogP contribution in [0.25, 0.3) is 6.08 Å². The lowest BCUT2D eigenvalue weighted by molar-refractivity contribution is -0.122. The number of rotatable bonds is 6. The van der Waals surface area contributed by atoms with Crippen molar-refractivity contribution in [2.75, 3.05) is 53.6 Å². The Morgan fingerprint density at radius 1 is 1.23 bits per heavy atom. The highest BCUT2D eigenvalue weighted by molar-refractivity contribution is 8.26. The lowest BCUT2D eigenvalue weighted by atomic mass is 10.1. The molecule has 1 amide bonds. The highest BCUT2D eigenvalue weighted by Crippen LogP contribution is 2.37. The predicted molar refractivity (Wildman–Crippen MR) is 107 cm³/mol. The van der Waals surface area contributed by atoms with E-state index in [-0.39, 0.29) is 5.91 Å². The Morgan fingerprint density at radius 2 is 2.00 bits per heavy atom. The van der Waals surface area contributed by atoms with Gasteiger partial charge in [-0.2, -0.15) is 0 Å². The summed E-state index contributed by atoms with van der Waals surface area (Å²) >= 11 is 6.74. The van der Waals surface area contributed by atoms with Crippen molar-refractivity contribution in [3.8, 4) is 11.5 Å². The SMILES string of the molecule is COc1cccc(/C=C2\SC(=S)N(CCN3CCOCC3)C2=O)c1OC. The largest absolute Gasteiger partial charge is 0.493 e. The van der Waals surface area contributed by atoms with Crippen LogP contribution in [0.2, 0.25) is 0 Å². The minimum atomic E-state index is -0.0573. The molecule has 140 valence electrons. The van der Waals surface area contributed by atoms with Crippen molar-refractivity contribution >= 4 is 40.3 Å². The van der Waals surface area contributed by atoms with Gasteiger partial charge < -0.3 is 14.2 Å². The van der Waals surface area contributed by atoms with Crippen molar-refractivity contribution in [3.63, 3.8) is 0 Å². The van der Waals surface area contributed by atoms with E-state index >= 15 is 0 Å². The number of para-hydroxylation sites is 1. The zero-order valence-corrected chi connectivity index (χ0v) is 16.5. The number of hydrogen-bond donors (Lipinski definition) is 0. The van der Waals surface area contributed by atoms with Crippen LogP contribution >= 0.6 is 24.0 Å². The van der Waals surface area contributed by atoms with E-state index in [1.54, 1.807) is 19.1 Å². The first-order valence-electron chi connectivity index (χ1n) is 8.40. The summed E-state index contributed by atoms with van der Waals surface area (Å²) in [5, 5.41) is 0. The van der Waals surface area contributed by atoms with Gasteiger partial charge in [0.15, 0.2) is 11.5 Å². The van der Waals surface area contributed by atoms with Crippen molar-refractivity contribution in [1.82, 2.24) is 9.80 Å². The number of carbonyl (C=O) groups excluding carboxylic acids is 1. The molecule has 0 aliphatic carbocycles. The number of methoxy groups -OCH3 is 2. The molecule has 0 N–H and O–H groups in total. The van der Waals surface area contributed by atoms with Gasteiger partial charge in [-0.3, -0.25) is 14.6 Å². The minimum absolute atomic E-state index is 0.0573. The predicted octanol–water partition coefficient (Wildman–Crippen LogP) is 2.24. The molecule has 2 fully saturated rings. The number of morpholine rings is 1. The van der Waals surface area contributed by atoms with E-state index in [4.69, 9.17) is 26.4 Å². The van der Waals surface area contributed by atoms with Crippen molar-refractivity contribution in [1.29, 1.82) is 0 Å². The summed E-state index contributed by atoms with van der Waals surface area (Å²) in [6.45, 7) is 4.67. The molecule has 1 aromatic carbocycles. The third-order valence-corrected chi connectivity index (χ3v) is 5.71. The van der Waals surface area contributed by atoms with E-state index in [2.05, 4.69) is 4.90 Å². The lowest BCUT2D eigenvalue weighted by Gasteiger charge is -2.28. The standard InChI is InChI=1S/C18H22N2O4S2/c1-22-14-5-3-4-13(16(14)23-2)12-15-17(21)20(18(25)26-15)7-6-19-8-10-24-11-9-19/h3-5,12H,6-11H2,1-2H3/b15-12-. The summed E-state index contributed by atoms with van der Waals surface area (Å²) in [6, 6.07) is 5.58. The molecule has 6 nitrogen and oxygen atoms in total. The van der Waals surface area contributed by atoms with E-state index in [0.717, 1.165) is 38.4 Å². The molecule has 0 saturated carbocycles. The lowest BCUT2D eigenvalue weighted by Crippen LogP contribution is -2.42. The zero-order valence-electron chi connectivity index (χ0n) is 14.9. The topological polar surface area (TPSA) is 51.2 Å². The summed E-state index contributed by atoms with van der Waals surface area (Å²) in [7, 11) is 3.18. The third-order valence-electron chi connectivity index (χ3n) is 4.34. The smallest absolute Gasteiger partial charge is 0.266 e. The van der Waals surface area contributed by atoms with Crippen LogP contribution in [0.5, 0.6) is 11.5 Å². The summed E-state index contributed by atoms with van der Waals surface area (Å²) in [6.07, 6.45) is 1.81. The molecule has 0 unspecified atom stereocenters. The highest BCUT2D eigenvalue weighted by Gasteiger charge is 2.32. The minimum Gasteiger partial charge on any atom is -0.493 e. The highest BCUT2D eigenvalue weighted by atomic mass is 32.2. The Hall–Kier alpha value is -1.61. The Kier molecular flexibility index (Phi) is 6.53. The van der Waals surface area contributed by atoms with Crippen LogP contribution in [-0.2, 0) is 9.53 Å². The molecule has 0 aromatic heterocycles. The number of carbonyl (C=O) groups is 1.